The minimum absolute atomic E-state index is 0.422. The van der Waals surface area contributed by atoms with Crippen LogP contribution in [0.1, 0.15) is 6.92 Å². The van der Waals surface area contributed by atoms with Gasteiger partial charge in [0.15, 0.2) is 6.23 Å². The van der Waals surface area contributed by atoms with E-state index in [1.165, 1.54) is 0 Å². The Labute approximate surface area is 110 Å². The number of nitrogens with zero attached hydrogens (tertiary/aromatic N) is 1. The van der Waals surface area contributed by atoms with E-state index in [0.29, 0.717) is 4.48 Å². The average Bonchev–Trinajstić information content (AvgIpc) is 2.15. The van der Waals surface area contributed by atoms with Gasteiger partial charge in [0.2, 0.25) is 0 Å². The molecular weight excluding hydrogens is 262 g/mol. The van der Waals surface area contributed by atoms with E-state index < -0.39 is 16.5 Å². The van der Waals surface area contributed by atoms with Gasteiger partial charge in [-0.1, -0.05) is 19.7 Å². The van der Waals surface area contributed by atoms with Crippen LogP contribution >= 0.6 is 0 Å². The molecule has 1 atom stereocenters. The first-order valence-electron chi connectivity index (χ1n) is 5.11. The maximum Gasteiger partial charge on any atom is 0.188 e. The molecule has 0 saturated carbocycles. The fourth-order valence-corrected chi connectivity index (χ4v) is 1.45. The van der Waals surface area contributed by atoms with Gasteiger partial charge in [-0.2, -0.15) is 0 Å². The Hall–Kier alpha value is -0.730. The minimum atomic E-state index is -4.94. The van der Waals surface area contributed by atoms with Crippen molar-refractivity contribution in [2.75, 3.05) is 19.6 Å². The summed E-state index contributed by atoms with van der Waals surface area (Å²) in [5.41, 5.74) is 0. The first-order chi connectivity index (χ1) is 8.13. The maximum absolute atomic E-state index is 9.68. The topological polar surface area (TPSA) is 112 Å². The van der Waals surface area contributed by atoms with Crippen molar-refractivity contribution in [2.24, 2.45) is 0 Å². The van der Waals surface area contributed by atoms with Crippen LogP contribution in [0.2, 0.25) is 0 Å². The quantitative estimate of drug-likeness (QED) is 0.302. The third kappa shape index (κ3) is 10.4. The van der Waals surface area contributed by atoms with E-state index >= 15 is 0 Å². The van der Waals surface area contributed by atoms with Crippen molar-refractivity contribution in [2.45, 2.75) is 13.2 Å². The maximum atomic E-state index is 9.68. The molecule has 0 aliphatic rings. The number of quaternary nitrogens is 1. The lowest BCUT2D eigenvalue weighted by atomic mass is 10.3. The molecule has 0 aromatic heterocycles. The molecule has 0 aliphatic heterocycles. The monoisotopic (exact) mass is 281 g/mol. The summed E-state index contributed by atoms with van der Waals surface area (Å²) in [4.78, 5) is 0. The largest absolute Gasteiger partial charge is 0.345 e. The molecule has 0 amide bonds. The lowest BCUT2D eigenvalue weighted by Gasteiger charge is -2.38. The zero-order chi connectivity index (χ0) is 14.8. The Morgan fingerprint density at radius 3 is 1.33 bits per heavy atom. The van der Waals surface area contributed by atoms with Crippen molar-refractivity contribution in [3.63, 3.8) is 0 Å². The van der Waals surface area contributed by atoms with Gasteiger partial charge in [0, 0.05) is 6.92 Å². The second-order valence-corrected chi connectivity index (χ2v) is 4.40. The molecule has 0 spiro atoms. The second-order valence-electron chi connectivity index (χ2n) is 3.64. The smallest absolute Gasteiger partial charge is 0.188 e. The number of aliphatic hydroxyl groups excluding tert-OH is 1. The molecule has 6 nitrogen and oxygen atoms in total. The standard InChI is InChI=1S/C11H20NO.ClHO4/c1-5-8-12(9-6-2,10-7-3)11(4)13;2-1(3,4)5/h5-7,11,13H,1-3,8-10H2,4H3;(H,2,3,4,5)/q+1;/p-1. The second kappa shape index (κ2) is 9.23. The fraction of sp³-hybridized carbons (Fsp3) is 0.455. The molecule has 0 aromatic rings. The number of hydrogen-bond donors (Lipinski definition) is 1. The molecule has 7 heteroatoms. The lowest BCUT2D eigenvalue weighted by molar-refractivity contribution is -2.00. The summed E-state index contributed by atoms with van der Waals surface area (Å²) in [6.07, 6.45) is 5.04. The molecule has 0 aromatic carbocycles. The van der Waals surface area contributed by atoms with E-state index in [9.17, 15) is 5.11 Å². The third-order valence-corrected chi connectivity index (χ3v) is 2.27. The van der Waals surface area contributed by atoms with Gasteiger partial charge in [0.25, 0.3) is 0 Å². The number of rotatable bonds is 7. The summed E-state index contributed by atoms with van der Waals surface area (Å²) >= 11 is 0. The highest BCUT2D eigenvalue weighted by Crippen LogP contribution is 2.12. The summed E-state index contributed by atoms with van der Waals surface area (Å²) in [7, 11) is -4.94. The molecule has 1 N–H and O–H groups in total. The zero-order valence-electron chi connectivity index (χ0n) is 10.5. The fourth-order valence-electron chi connectivity index (χ4n) is 1.45. The normalized spacial score (nSPS) is 13.0. The van der Waals surface area contributed by atoms with Crippen LogP contribution in [-0.4, -0.2) is 35.5 Å². The highest BCUT2D eigenvalue weighted by molar-refractivity contribution is 4.76. The summed E-state index contributed by atoms with van der Waals surface area (Å²) in [6.45, 7) is 15.1. The van der Waals surface area contributed by atoms with E-state index in [1.54, 1.807) is 6.92 Å². The van der Waals surface area contributed by atoms with Crippen LogP contribution in [0.4, 0.5) is 0 Å². The van der Waals surface area contributed by atoms with Crippen molar-refractivity contribution in [3.8, 4) is 0 Å². The molecule has 0 saturated heterocycles. The van der Waals surface area contributed by atoms with E-state index in [4.69, 9.17) is 18.6 Å². The van der Waals surface area contributed by atoms with Gasteiger partial charge < -0.3 is 5.11 Å². The van der Waals surface area contributed by atoms with Crippen molar-refractivity contribution in [3.05, 3.63) is 38.0 Å². The van der Waals surface area contributed by atoms with Crippen molar-refractivity contribution in [1.29, 1.82) is 0 Å². The Balaban J connectivity index is 0. The summed E-state index contributed by atoms with van der Waals surface area (Å²) < 4.78 is 34.5. The molecule has 0 aliphatic carbocycles. The van der Waals surface area contributed by atoms with Gasteiger partial charge in [-0.15, -0.1) is 10.2 Å². The number of aliphatic hydroxyl groups is 1. The van der Waals surface area contributed by atoms with Crippen LogP contribution in [0.5, 0.6) is 0 Å². The highest BCUT2D eigenvalue weighted by Gasteiger charge is 2.28. The number of hydrogen-bond acceptors (Lipinski definition) is 5. The van der Waals surface area contributed by atoms with Crippen LogP contribution in [-0.2, 0) is 0 Å². The predicted octanol–water partition coefficient (Wildman–Crippen LogP) is -3.06. The Bertz CT molecular complexity index is 230. The number of halogens is 1. The van der Waals surface area contributed by atoms with Crippen LogP contribution < -0.4 is 18.6 Å². The van der Waals surface area contributed by atoms with Crippen molar-refractivity contribution >= 4 is 0 Å². The molecule has 0 bridgehead atoms. The van der Waals surface area contributed by atoms with E-state index in [1.807, 2.05) is 18.2 Å². The highest BCUT2D eigenvalue weighted by atomic mass is 35.7. The van der Waals surface area contributed by atoms with Gasteiger partial charge >= 0.3 is 0 Å². The Morgan fingerprint density at radius 1 is 1.00 bits per heavy atom. The predicted molar refractivity (Wildman–Crippen MR) is 57.1 cm³/mol. The molecule has 0 rings (SSSR count). The summed E-state index contributed by atoms with van der Waals surface area (Å²) in [6, 6.07) is 0. The minimum Gasteiger partial charge on any atom is -0.345 e. The van der Waals surface area contributed by atoms with Crippen LogP contribution in [0.15, 0.2) is 38.0 Å². The molecular formula is C11H20ClNO5. The van der Waals surface area contributed by atoms with E-state index in [-0.39, 0.29) is 0 Å². The van der Waals surface area contributed by atoms with Crippen molar-refractivity contribution < 1.29 is 38.5 Å². The van der Waals surface area contributed by atoms with Gasteiger partial charge in [-0.05, 0) is 18.2 Å². The third-order valence-electron chi connectivity index (χ3n) is 2.27. The van der Waals surface area contributed by atoms with E-state index in [0.717, 1.165) is 19.6 Å². The van der Waals surface area contributed by atoms with Crippen LogP contribution in [0.3, 0.4) is 0 Å². The first-order valence-corrected chi connectivity index (χ1v) is 6.34. The summed E-state index contributed by atoms with van der Waals surface area (Å²) in [5, 5.41) is 9.68. The molecule has 18 heavy (non-hydrogen) atoms. The SMILES string of the molecule is C=CC[N+](CC=C)(CC=C)C(C)O.[O-][Cl+3]([O-])([O-])[O-]. The molecule has 0 fully saturated rings. The van der Waals surface area contributed by atoms with Crippen LogP contribution in [0, 0.1) is 10.2 Å². The van der Waals surface area contributed by atoms with Crippen LogP contribution in [0.25, 0.3) is 0 Å². The molecule has 0 heterocycles. The first kappa shape index (κ1) is 19.6. The van der Waals surface area contributed by atoms with Gasteiger partial charge in [-0.3, -0.25) is 4.48 Å². The average molecular weight is 282 g/mol. The molecule has 106 valence electrons. The van der Waals surface area contributed by atoms with Gasteiger partial charge in [0.05, 0.1) is 19.6 Å². The Morgan fingerprint density at radius 2 is 1.22 bits per heavy atom. The Kier molecular flexibility index (Phi) is 10.1. The lowest BCUT2D eigenvalue weighted by Crippen LogP contribution is -2.68. The molecule has 1 unspecified atom stereocenters. The van der Waals surface area contributed by atoms with Crippen molar-refractivity contribution in [1.82, 2.24) is 0 Å². The van der Waals surface area contributed by atoms with E-state index in [2.05, 4.69) is 19.7 Å². The molecule has 0 radical (unpaired) electrons. The van der Waals surface area contributed by atoms with Gasteiger partial charge in [0.1, 0.15) is 0 Å². The summed E-state index contributed by atoms with van der Waals surface area (Å²) in [5.74, 6) is 0. The zero-order valence-corrected chi connectivity index (χ0v) is 11.2. The van der Waals surface area contributed by atoms with Gasteiger partial charge in [-0.25, -0.2) is 18.6 Å².